The highest BCUT2D eigenvalue weighted by Gasteiger charge is 2.27. The Labute approximate surface area is 133 Å². The Bertz CT molecular complexity index is 576. The largest absolute Gasteiger partial charge is 0.493 e. The minimum Gasteiger partial charge on any atom is -0.493 e. The Morgan fingerprint density at radius 1 is 1.24 bits per heavy atom. The molecule has 0 heterocycles. The normalized spacial score (nSPS) is 11.7. The number of benzene rings is 1. The number of ether oxygens (including phenoxy) is 2. The second-order valence-corrected chi connectivity index (χ2v) is 6.97. The van der Waals surface area contributed by atoms with Gasteiger partial charge in [0.1, 0.15) is 4.90 Å². The van der Waals surface area contributed by atoms with Gasteiger partial charge in [-0.15, -0.1) is 0 Å². The van der Waals surface area contributed by atoms with Crippen molar-refractivity contribution in [1.29, 1.82) is 0 Å². The van der Waals surface area contributed by atoms with E-state index in [1.807, 2.05) is 0 Å². The Morgan fingerprint density at radius 3 is 2.29 bits per heavy atom. The van der Waals surface area contributed by atoms with Crippen molar-refractivity contribution in [2.24, 2.45) is 0 Å². The van der Waals surface area contributed by atoms with Gasteiger partial charge in [0.2, 0.25) is 10.0 Å². The van der Waals surface area contributed by atoms with Gasteiger partial charge in [-0.3, -0.25) is 0 Å². The first-order valence-electron chi connectivity index (χ1n) is 6.44. The molecule has 0 spiro atoms. The van der Waals surface area contributed by atoms with Gasteiger partial charge >= 0.3 is 0 Å². The first kappa shape index (κ1) is 18.2. The second kappa shape index (κ2) is 7.98. The monoisotopic (exact) mass is 381 g/mol. The van der Waals surface area contributed by atoms with Gasteiger partial charge < -0.3 is 14.6 Å². The molecule has 8 heteroatoms. The molecule has 0 unspecified atom stereocenters. The van der Waals surface area contributed by atoms with Crippen LogP contribution in [0, 0.1) is 0 Å². The van der Waals surface area contributed by atoms with Crippen LogP contribution in [-0.4, -0.2) is 51.7 Å². The molecule has 0 aromatic heterocycles. The van der Waals surface area contributed by atoms with E-state index in [1.54, 1.807) is 13.0 Å². The molecule has 0 aliphatic rings. The quantitative estimate of drug-likeness (QED) is 0.743. The van der Waals surface area contributed by atoms with Crippen molar-refractivity contribution in [2.45, 2.75) is 18.2 Å². The smallest absolute Gasteiger partial charge is 0.244 e. The molecule has 1 N–H and O–H groups in total. The van der Waals surface area contributed by atoms with Gasteiger partial charge in [0.15, 0.2) is 11.5 Å². The lowest BCUT2D eigenvalue weighted by Crippen LogP contribution is -2.32. The number of nitrogens with zero attached hydrogens (tertiary/aromatic N) is 1. The van der Waals surface area contributed by atoms with Gasteiger partial charge in [0, 0.05) is 30.2 Å². The molecule has 0 radical (unpaired) electrons. The van der Waals surface area contributed by atoms with Crippen LogP contribution in [0.15, 0.2) is 21.5 Å². The van der Waals surface area contributed by atoms with Gasteiger partial charge in [0.05, 0.1) is 14.2 Å². The lowest BCUT2D eigenvalue weighted by Gasteiger charge is -2.21. The molecule has 1 rings (SSSR count). The summed E-state index contributed by atoms with van der Waals surface area (Å²) < 4.78 is 37.4. The molecule has 0 aliphatic heterocycles. The minimum absolute atomic E-state index is 0.0564. The number of aliphatic hydroxyl groups is 1. The van der Waals surface area contributed by atoms with E-state index >= 15 is 0 Å². The summed E-state index contributed by atoms with van der Waals surface area (Å²) in [6.45, 7) is 2.28. The molecule has 21 heavy (non-hydrogen) atoms. The van der Waals surface area contributed by atoms with Crippen molar-refractivity contribution >= 4 is 26.0 Å². The number of hydrogen-bond donors (Lipinski definition) is 1. The third-order valence-corrected chi connectivity index (χ3v) is 5.91. The Kier molecular flexibility index (Phi) is 6.92. The molecule has 1 aromatic carbocycles. The fourth-order valence-corrected chi connectivity index (χ4v) is 4.35. The zero-order valence-electron chi connectivity index (χ0n) is 12.3. The van der Waals surface area contributed by atoms with Crippen LogP contribution in [0.5, 0.6) is 11.5 Å². The average molecular weight is 382 g/mol. The number of methoxy groups -OCH3 is 2. The van der Waals surface area contributed by atoms with Crippen LogP contribution < -0.4 is 9.47 Å². The maximum Gasteiger partial charge on any atom is 0.244 e. The molecule has 1 aromatic rings. The topological polar surface area (TPSA) is 76.1 Å². The standard InChI is InChI=1S/C13H20BrNO5S/c1-4-15(6-5-7-16)21(17,18)13-9-12(20-3)11(19-2)8-10(13)14/h8-9,16H,4-7H2,1-3H3. The first-order valence-corrected chi connectivity index (χ1v) is 8.68. The predicted molar refractivity (Wildman–Crippen MR) is 83.4 cm³/mol. The van der Waals surface area contributed by atoms with Crippen LogP contribution in [0.1, 0.15) is 13.3 Å². The van der Waals surface area contributed by atoms with Crippen molar-refractivity contribution in [3.63, 3.8) is 0 Å². The predicted octanol–water partition coefficient (Wildman–Crippen LogP) is 1.86. The van der Waals surface area contributed by atoms with Crippen LogP contribution in [0.2, 0.25) is 0 Å². The van der Waals surface area contributed by atoms with Gasteiger partial charge in [-0.1, -0.05) is 6.92 Å². The van der Waals surface area contributed by atoms with Crippen molar-refractivity contribution < 1.29 is 23.0 Å². The van der Waals surface area contributed by atoms with Crippen molar-refractivity contribution in [1.82, 2.24) is 4.31 Å². The maximum absolute atomic E-state index is 12.7. The van der Waals surface area contributed by atoms with Crippen molar-refractivity contribution in [3.05, 3.63) is 16.6 Å². The second-order valence-electron chi connectivity index (χ2n) is 4.21. The summed E-state index contributed by atoms with van der Waals surface area (Å²) in [5.74, 6) is 0.791. The zero-order chi connectivity index (χ0) is 16.0. The SMILES string of the molecule is CCN(CCCO)S(=O)(=O)c1cc(OC)c(OC)cc1Br. The van der Waals surface area contributed by atoms with E-state index in [0.29, 0.717) is 28.9 Å². The summed E-state index contributed by atoms with van der Waals surface area (Å²) in [5.41, 5.74) is 0. The molecule has 0 aliphatic carbocycles. The summed E-state index contributed by atoms with van der Waals surface area (Å²) in [6, 6.07) is 2.99. The number of halogens is 1. The number of rotatable bonds is 8. The minimum atomic E-state index is -3.67. The van der Waals surface area contributed by atoms with Gasteiger partial charge in [-0.25, -0.2) is 8.42 Å². The molecule has 0 fully saturated rings. The Hall–Kier alpha value is -0.830. The van der Waals surface area contributed by atoms with Crippen LogP contribution in [0.25, 0.3) is 0 Å². The van der Waals surface area contributed by atoms with Crippen molar-refractivity contribution in [2.75, 3.05) is 33.9 Å². The third kappa shape index (κ3) is 4.09. The number of aliphatic hydroxyl groups excluding tert-OH is 1. The fourth-order valence-electron chi connectivity index (χ4n) is 1.87. The van der Waals surface area contributed by atoms with Gasteiger partial charge in [-0.2, -0.15) is 4.31 Å². The molecule has 0 saturated heterocycles. The van der Waals surface area contributed by atoms with Crippen LogP contribution in [0.3, 0.4) is 0 Å². The molecule has 120 valence electrons. The molecule has 0 bridgehead atoms. The average Bonchev–Trinajstić information content (AvgIpc) is 2.47. The van der Waals surface area contributed by atoms with Crippen LogP contribution >= 0.6 is 15.9 Å². The third-order valence-electron chi connectivity index (χ3n) is 2.97. The van der Waals surface area contributed by atoms with Gasteiger partial charge in [-0.05, 0) is 28.4 Å². The fraction of sp³-hybridized carbons (Fsp3) is 0.538. The van der Waals surface area contributed by atoms with E-state index in [4.69, 9.17) is 14.6 Å². The van der Waals surface area contributed by atoms with E-state index in [2.05, 4.69) is 15.9 Å². The molecular weight excluding hydrogens is 362 g/mol. The highest BCUT2D eigenvalue weighted by Crippen LogP contribution is 2.36. The zero-order valence-corrected chi connectivity index (χ0v) is 14.7. The van der Waals surface area contributed by atoms with Crippen molar-refractivity contribution in [3.8, 4) is 11.5 Å². The first-order chi connectivity index (χ1) is 9.92. The summed E-state index contributed by atoms with van der Waals surface area (Å²) in [6.07, 6.45) is 0.387. The Morgan fingerprint density at radius 2 is 1.81 bits per heavy atom. The number of sulfonamides is 1. The summed E-state index contributed by atoms with van der Waals surface area (Å²) >= 11 is 3.26. The van der Waals surface area contributed by atoms with E-state index in [1.165, 1.54) is 24.6 Å². The lowest BCUT2D eigenvalue weighted by molar-refractivity contribution is 0.271. The maximum atomic E-state index is 12.7. The van der Waals surface area contributed by atoms with E-state index in [-0.39, 0.29) is 18.0 Å². The highest BCUT2D eigenvalue weighted by molar-refractivity contribution is 9.10. The highest BCUT2D eigenvalue weighted by atomic mass is 79.9. The summed E-state index contributed by atoms with van der Waals surface area (Å²) in [5, 5.41) is 8.88. The molecular formula is C13H20BrNO5S. The van der Waals surface area contributed by atoms with E-state index in [0.717, 1.165) is 0 Å². The lowest BCUT2D eigenvalue weighted by atomic mass is 10.3. The molecule has 6 nitrogen and oxygen atoms in total. The molecule has 0 amide bonds. The van der Waals surface area contributed by atoms with Crippen LogP contribution in [0.4, 0.5) is 0 Å². The summed E-state index contributed by atoms with van der Waals surface area (Å²) in [7, 11) is -0.738. The van der Waals surface area contributed by atoms with E-state index < -0.39 is 10.0 Å². The summed E-state index contributed by atoms with van der Waals surface area (Å²) in [4.78, 5) is 0.111. The Balaban J connectivity index is 3.30. The van der Waals surface area contributed by atoms with Gasteiger partial charge in [0.25, 0.3) is 0 Å². The molecule has 0 atom stereocenters. The van der Waals surface area contributed by atoms with E-state index in [9.17, 15) is 8.42 Å². The van der Waals surface area contributed by atoms with Crippen LogP contribution in [-0.2, 0) is 10.0 Å². The molecule has 0 saturated carbocycles. The number of hydrogen-bond acceptors (Lipinski definition) is 5.